The van der Waals surface area contributed by atoms with Crippen LogP contribution in [0.1, 0.15) is 28.8 Å². The molecular weight excluding hydrogens is 414 g/mol. The summed E-state index contributed by atoms with van der Waals surface area (Å²) in [5.74, 6) is -0.696. The third-order valence-corrected chi connectivity index (χ3v) is 6.32. The molecule has 0 radical (unpaired) electrons. The largest absolute Gasteiger partial charge is 0.326 e. The van der Waals surface area contributed by atoms with Crippen molar-refractivity contribution in [2.75, 3.05) is 28.2 Å². The molecule has 6 heteroatoms. The Kier molecular flexibility index (Phi) is 5.65. The molecule has 1 atom stereocenters. The third-order valence-electron chi connectivity index (χ3n) is 6.32. The van der Waals surface area contributed by atoms with Crippen LogP contribution < -0.4 is 15.1 Å². The van der Waals surface area contributed by atoms with Gasteiger partial charge in [-0.1, -0.05) is 36.4 Å². The number of hydrogen-bond donors (Lipinski definition) is 1. The topological polar surface area (TPSA) is 69.7 Å². The maximum atomic E-state index is 13.1. The summed E-state index contributed by atoms with van der Waals surface area (Å²) in [4.78, 5) is 41.8. The molecule has 1 unspecified atom stereocenters. The second-order valence-electron chi connectivity index (χ2n) is 8.50. The molecule has 0 aliphatic carbocycles. The average Bonchev–Trinajstić information content (AvgIpc) is 3.26. The lowest BCUT2D eigenvalue weighted by Gasteiger charge is -2.29. The predicted molar refractivity (Wildman–Crippen MR) is 128 cm³/mol. The Bertz CT molecular complexity index is 1190. The average molecular weight is 440 g/mol. The highest BCUT2D eigenvalue weighted by Crippen LogP contribution is 2.29. The Balaban J connectivity index is 1.24. The quantitative estimate of drug-likeness (QED) is 0.660. The van der Waals surface area contributed by atoms with Gasteiger partial charge < -0.3 is 15.1 Å². The van der Waals surface area contributed by atoms with Crippen LogP contribution in [0.4, 0.5) is 17.1 Å². The lowest BCUT2D eigenvalue weighted by atomic mass is 10.0. The molecule has 33 heavy (non-hydrogen) atoms. The highest BCUT2D eigenvalue weighted by Gasteiger charge is 2.35. The number of carbonyl (C=O) groups is 3. The van der Waals surface area contributed by atoms with E-state index in [0.29, 0.717) is 24.3 Å². The normalized spacial score (nSPS) is 17.6. The molecule has 3 amide bonds. The van der Waals surface area contributed by atoms with Crippen LogP contribution in [-0.4, -0.2) is 30.8 Å². The van der Waals surface area contributed by atoms with E-state index in [9.17, 15) is 14.4 Å². The molecule has 166 valence electrons. The summed E-state index contributed by atoms with van der Waals surface area (Å²) in [6.45, 7) is 1.06. The number of anilines is 3. The summed E-state index contributed by atoms with van der Waals surface area (Å²) < 4.78 is 0. The van der Waals surface area contributed by atoms with E-state index in [1.807, 2.05) is 53.4 Å². The summed E-state index contributed by atoms with van der Waals surface area (Å²) >= 11 is 0. The molecule has 2 heterocycles. The van der Waals surface area contributed by atoms with E-state index in [2.05, 4.69) is 11.4 Å². The van der Waals surface area contributed by atoms with Gasteiger partial charge in [0.25, 0.3) is 5.91 Å². The lowest BCUT2D eigenvalue weighted by Crippen LogP contribution is -2.35. The number of benzene rings is 3. The third kappa shape index (κ3) is 4.24. The summed E-state index contributed by atoms with van der Waals surface area (Å²) in [6.07, 6.45) is 2.11. The minimum atomic E-state index is -0.413. The second kappa shape index (κ2) is 8.90. The van der Waals surface area contributed by atoms with E-state index in [-0.39, 0.29) is 24.1 Å². The Labute approximate surface area is 192 Å². The zero-order chi connectivity index (χ0) is 22.8. The number of carbonyl (C=O) groups excluding carboxylic acids is 3. The van der Waals surface area contributed by atoms with E-state index in [0.717, 1.165) is 24.2 Å². The van der Waals surface area contributed by atoms with E-state index < -0.39 is 5.92 Å². The van der Waals surface area contributed by atoms with Crippen molar-refractivity contribution in [1.29, 1.82) is 0 Å². The van der Waals surface area contributed by atoms with Gasteiger partial charge in [-0.2, -0.15) is 0 Å². The number of amides is 3. The Morgan fingerprint density at radius 2 is 1.61 bits per heavy atom. The minimum Gasteiger partial charge on any atom is -0.326 e. The standard InChI is InChI=1S/C27H25N3O3/c31-25-17-21(18-30(25)23-9-2-1-3-10-23)26(32)28-22-14-12-20(13-15-22)27(33)29-16-6-8-19-7-4-5-11-24(19)29/h1-5,7,9-15,21H,6,8,16-18H2,(H,28,32). The summed E-state index contributed by atoms with van der Waals surface area (Å²) in [5, 5.41) is 2.90. The number of nitrogens with one attached hydrogen (secondary N) is 1. The van der Waals surface area contributed by atoms with Gasteiger partial charge in [0.2, 0.25) is 11.8 Å². The first-order chi connectivity index (χ1) is 16.1. The van der Waals surface area contributed by atoms with Crippen molar-refractivity contribution in [3.05, 3.63) is 90.0 Å². The van der Waals surface area contributed by atoms with E-state index >= 15 is 0 Å². The van der Waals surface area contributed by atoms with Crippen molar-refractivity contribution in [2.45, 2.75) is 19.3 Å². The summed E-state index contributed by atoms with van der Waals surface area (Å²) in [7, 11) is 0. The first-order valence-electron chi connectivity index (χ1n) is 11.3. The van der Waals surface area contributed by atoms with Gasteiger partial charge in [0.15, 0.2) is 0 Å². The molecule has 2 aliphatic rings. The highest BCUT2D eigenvalue weighted by atomic mass is 16.2. The van der Waals surface area contributed by atoms with Crippen LogP contribution in [0.15, 0.2) is 78.9 Å². The van der Waals surface area contributed by atoms with Crippen LogP contribution in [0, 0.1) is 5.92 Å². The first kappa shape index (κ1) is 20.9. The number of hydrogen-bond acceptors (Lipinski definition) is 3. The molecule has 3 aromatic rings. The molecular formula is C27H25N3O3. The maximum absolute atomic E-state index is 13.1. The van der Waals surface area contributed by atoms with Crippen molar-refractivity contribution in [3.63, 3.8) is 0 Å². The van der Waals surface area contributed by atoms with Crippen molar-refractivity contribution < 1.29 is 14.4 Å². The highest BCUT2D eigenvalue weighted by molar-refractivity contribution is 6.07. The molecule has 0 saturated carbocycles. The molecule has 3 aromatic carbocycles. The number of aryl methyl sites for hydroxylation is 1. The van der Waals surface area contributed by atoms with E-state index in [4.69, 9.17) is 0 Å². The van der Waals surface area contributed by atoms with Gasteiger partial charge in [-0.05, 0) is 60.9 Å². The smallest absolute Gasteiger partial charge is 0.258 e. The number of para-hydroxylation sites is 2. The molecule has 1 saturated heterocycles. The zero-order valence-electron chi connectivity index (χ0n) is 18.2. The van der Waals surface area contributed by atoms with Crippen molar-refractivity contribution >= 4 is 34.8 Å². The van der Waals surface area contributed by atoms with Crippen molar-refractivity contribution in [3.8, 4) is 0 Å². The van der Waals surface area contributed by atoms with Crippen LogP contribution >= 0.6 is 0 Å². The van der Waals surface area contributed by atoms with Crippen LogP contribution in [0.25, 0.3) is 0 Å². The van der Waals surface area contributed by atoms with Gasteiger partial charge in [0.05, 0.1) is 5.92 Å². The molecule has 0 aromatic heterocycles. The van der Waals surface area contributed by atoms with Gasteiger partial charge in [-0.15, -0.1) is 0 Å². The fourth-order valence-electron chi connectivity index (χ4n) is 4.58. The molecule has 2 aliphatic heterocycles. The first-order valence-corrected chi connectivity index (χ1v) is 11.3. The molecule has 1 N–H and O–H groups in total. The van der Waals surface area contributed by atoms with Crippen LogP contribution in [-0.2, 0) is 16.0 Å². The van der Waals surface area contributed by atoms with Gasteiger partial charge in [0.1, 0.15) is 0 Å². The lowest BCUT2D eigenvalue weighted by molar-refractivity contribution is -0.122. The molecule has 6 nitrogen and oxygen atoms in total. The van der Waals surface area contributed by atoms with Crippen LogP contribution in [0.5, 0.6) is 0 Å². The van der Waals surface area contributed by atoms with E-state index in [1.54, 1.807) is 29.2 Å². The minimum absolute atomic E-state index is 0.0417. The molecule has 1 fully saturated rings. The number of rotatable bonds is 4. The van der Waals surface area contributed by atoms with Gasteiger partial charge >= 0.3 is 0 Å². The molecule has 0 bridgehead atoms. The second-order valence-corrected chi connectivity index (χ2v) is 8.50. The summed E-state index contributed by atoms with van der Waals surface area (Å²) in [5.41, 5.74) is 4.16. The van der Waals surface area contributed by atoms with Gasteiger partial charge in [-0.25, -0.2) is 0 Å². The van der Waals surface area contributed by atoms with Crippen molar-refractivity contribution in [2.24, 2.45) is 5.92 Å². The maximum Gasteiger partial charge on any atom is 0.258 e. The Morgan fingerprint density at radius 1 is 0.879 bits per heavy atom. The SMILES string of the molecule is O=C(Nc1ccc(C(=O)N2CCCc3ccccc32)cc1)C1CC(=O)N(c2ccccc2)C1. The summed E-state index contributed by atoms with van der Waals surface area (Å²) in [6, 6.07) is 24.4. The predicted octanol–water partition coefficient (Wildman–Crippen LogP) is 4.27. The fourth-order valence-corrected chi connectivity index (χ4v) is 4.58. The Hall–Kier alpha value is -3.93. The van der Waals surface area contributed by atoms with Gasteiger partial charge in [0, 0.05) is 42.1 Å². The Morgan fingerprint density at radius 3 is 2.39 bits per heavy atom. The monoisotopic (exact) mass is 439 g/mol. The molecule has 0 spiro atoms. The zero-order valence-corrected chi connectivity index (χ0v) is 18.2. The van der Waals surface area contributed by atoms with Crippen molar-refractivity contribution in [1.82, 2.24) is 0 Å². The van der Waals surface area contributed by atoms with E-state index in [1.165, 1.54) is 5.56 Å². The van der Waals surface area contributed by atoms with Crippen LogP contribution in [0.2, 0.25) is 0 Å². The number of nitrogens with zero attached hydrogens (tertiary/aromatic N) is 2. The number of fused-ring (bicyclic) bond motifs is 1. The van der Waals surface area contributed by atoms with Gasteiger partial charge in [-0.3, -0.25) is 14.4 Å². The fraction of sp³-hybridized carbons (Fsp3) is 0.222. The molecule has 5 rings (SSSR count). The van der Waals surface area contributed by atoms with Crippen LogP contribution in [0.3, 0.4) is 0 Å².